The standard InChI is InChI=1S/C8H14N2O5S2/c1-2-9-7(11)10-5-8(16,17(12,13)14)3-6-4-15-6/h2,6,16H,3-5H2,1H3,(H,10,11)(H,12,13,14). The SMILES string of the molecule is CC=NC(=O)NCC(S)(CC1CO1)S(=O)(=O)O. The van der Waals surface area contributed by atoms with Gasteiger partial charge in [0.2, 0.25) is 0 Å². The Bertz CT molecular complexity index is 418. The predicted molar refractivity (Wildman–Crippen MR) is 65.2 cm³/mol. The van der Waals surface area contributed by atoms with E-state index in [0.29, 0.717) is 6.61 Å². The Kier molecular flexibility index (Phi) is 4.53. The van der Waals surface area contributed by atoms with Crippen molar-refractivity contribution in [3.8, 4) is 0 Å². The minimum atomic E-state index is -4.41. The van der Waals surface area contributed by atoms with Crippen LogP contribution in [0.4, 0.5) is 4.79 Å². The fraction of sp³-hybridized carbons (Fsp3) is 0.750. The van der Waals surface area contributed by atoms with E-state index in [0.717, 1.165) is 0 Å². The summed E-state index contributed by atoms with van der Waals surface area (Å²) in [5, 5.41) is 2.26. The number of ether oxygens (including phenoxy) is 1. The van der Waals surface area contributed by atoms with Gasteiger partial charge in [-0.05, 0) is 6.92 Å². The first kappa shape index (κ1) is 14.4. The van der Waals surface area contributed by atoms with Crippen molar-refractivity contribution < 1.29 is 22.5 Å². The largest absolute Gasteiger partial charge is 0.373 e. The fourth-order valence-corrected chi connectivity index (χ4v) is 2.12. The molecule has 1 saturated heterocycles. The third-order valence-electron chi connectivity index (χ3n) is 2.19. The molecule has 2 atom stereocenters. The van der Waals surface area contributed by atoms with Gasteiger partial charge in [0.05, 0.1) is 19.3 Å². The van der Waals surface area contributed by atoms with Crippen LogP contribution in [0.1, 0.15) is 13.3 Å². The summed E-state index contributed by atoms with van der Waals surface area (Å²) in [6.07, 6.45) is 1.03. The molecule has 0 bridgehead atoms. The number of urea groups is 1. The molecule has 17 heavy (non-hydrogen) atoms. The topological polar surface area (TPSA) is 108 Å². The van der Waals surface area contributed by atoms with Gasteiger partial charge < -0.3 is 10.1 Å². The number of carbonyl (C=O) groups excluding carboxylic acids is 1. The van der Waals surface area contributed by atoms with Gasteiger partial charge in [0.25, 0.3) is 10.1 Å². The van der Waals surface area contributed by atoms with Crippen LogP contribution in [0.3, 0.4) is 0 Å². The molecule has 2 N–H and O–H groups in total. The van der Waals surface area contributed by atoms with Crippen molar-refractivity contribution in [1.82, 2.24) is 5.32 Å². The van der Waals surface area contributed by atoms with Gasteiger partial charge in [0.15, 0.2) is 4.08 Å². The quantitative estimate of drug-likeness (QED) is 0.286. The van der Waals surface area contributed by atoms with E-state index in [1.807, 2.05) is 0 Å². The summed E-state index contributed by atoms with van der Waals surface area (Å²) in [6.45, 7) is 1.64. The summed E-state index contributed by atoms with van der Waals surface area (Å²) >= 11 is 3.94. The van der Waals surface area contributed by atoms with Crippen molar-refractivity contribution in [3.05, 3.63) is 0 Å². The molecule has 9 heteroatoms. The van der Waals surface area contributed by atoms with E-state index in [9.17, 15) is 13.2 Å². The van der Waals surface area contributed by atoms with Gasteiger partial charge in [-0.15, -0.1) is 0 Å². The normalized spacial score (nSPS) is 23.4. The summed E-state index contributed by atoms with van der Waals surface area (Å²) in [5.74, 6) is 0. The summed E-state index contributed by atoms with van der Waals surface area (Å²) in [6, 6.07) is -0.689. The molecule has 7 nitrogen and oxygen atoms in total. The van der Waals surface area contributed by atoms with Crippen LogP contribution in [0.15, 0.2) is 4.99 Å². The van der Waals surface area contributed by atoms with Crippen molar-refractivity contribution >= 4 is 35.0 Å². The van der Waals surface area contributed by atoms with Gasteiger partial charge >= 0.3 is 6.03 Å². The number of aliphatic imine (C=N–C) groups is 1. The minimum Gasteiger partial charge on any atom is -0.373 e. The first-order chi connectivity index (χ1) is 7.78. The Morgan fingerprint density at radius 1 is 1.76 bits per heavy atom. The molecule has 0 saturated carbocycles. The summed E-state index contributed by atoms with van der Waals surface area (Å²) in [7, 11) is -4.41. The second-order valence-electron chi connectivity index (χ2n) is 3.63. The molecule has 0 aromatic heterocycles. The van der Waals surface area contributed by atoms with Crippen LogP contribution < -0.4 is 5.32 Å². The van der Waals surface area contributed by atoms with Gasteiger partial charge in [-0.25, -0.2) is 9.79 Å². The summed E-state index contributed by atoms with van der Waals surface area (Å²) in [4.78, 5) is 14.5. The molecule has 1 heterocycles. The highest BCUT2D eigenvalue weighted by atomic mass is 32.3. The molecule has 98 valence electrons. The van der Waals surface area contributed by atoms with E-state index < -0.39 is 20.2 Å². The van der Waals surface area contributed by atoms with Gasteiger partial charge in [0.1, 0.15) is 0 Å². The molecule has 1 rings (SSSR count). The number of thiol groups is 1. The van der Waals surface area contributed by atoms with Crippen molar-refractivity contribution in [3.63, 3.8) is 0 Å². The number of nitrogens with zero attached hydrogens (tertiary/aromatic N) is 1. The molecule has 0 radical (unpaired) electrons. The third-order valence-corrected chi connectivity index (χ3v) is 4.50. The van der Waals surface area contributed by atoms with Crippen LogP contribution in [-0.4, -0.2) is 48.6 Å². The molecule has 2 amide bonds. The van der Waals surface area contributed by atoms with Gasteiger partial charge in [-0.1, -0.05) is 0 Å². The predicted octanol–water partition coefficient (Wildman–Crippen LogP) is 0.0895. The lowest BCUT2D eigenvalue weighted by molar-refractivity contribution is 0.248. The van der Waals surface area contributed by atoms with E-state index in [2.05, 4.69) is 22.9 Å². The number of rotatable bonds is 5. The average molecular weight is 282 g/mol. The van der Waals surface area contributed by atoms with Crippen LogP contribution >= 0.6 is 12.6 Å². The molecule has 0 spiro atoms. The first-order valence-corrected chi connectivity index (χ1v) is 6.75. The Morgan fingerprint density at radius 2 is 2.35 bits per heavy atom. The van der Waals surface area contributed by atoms with E-state index in [4.69, 9.17) is 9.29 Å². The van der Waals surface area contributed by atoms with E-state index >= 15 is 0 Å². The Labute approximate surface area is 105 Å². The highest BCUT2D eigenvalue weighted by molar-refractivity contribution is 8.03. The van der Waals surface area contributed by atoms with Gasteiger partial charge in [-0.3, -0.25) is 4.55 Å². The zero-order valence-corrected chi connectivity index (χ0v) is 10.9. The fourth-order valence-electron chi connectivity index (χ4n) is 1.19. The molecule has 0 aromatic carbocycles. The minimum absolute atomic E-state index is 0.00502. The molecule has 2 unspecified atom stereocenters. The Morgan fingerprint density at radius 3 is 2.76 bits per heavy atom. The molecule has 1 fully saturated rings. The van der Waals surface area contributed by atoms with Crippen molar-refractivity contribution in [2.45, 2.75) is 23.5 Å². The maximum absolute atomic E-state index is 11.2. The van der Waals surface area contributed by atoms with E-state index in [-0.39, 0.29) is 19.1 Å². The highest BCUT2D eigenvalue weighted by Crippen LogP contribution is 2.31. The van der Waals surface area contributed by atoms with Gasteiger partial charge in [0, 0.05) is 12.6 Å². The number of hydrogen-bond acceptors (Lipinski definition) is 5. The summed E-state index contributed by atoms with van der Waals surface area (Å²) < 4.78 is 34.7. The molecule has 1 aliphatic heterocycles. The molecule has 0 aliphatic carbocycles. The van der Waals surface area contributed by atoms with E-state index in [1.165, 1.54) is 6.21 Å². The zero-order valence-electron chi connectivity index (χ0n) is 9.16. The zero-order chi connectivity index (χ0) is 13.1. The van der Waals surface area contributed by atoms with Gasteiger partial charge in [-0.2, -0.15) is 21.0 Å². The monoisotopic (exact) mass is 282 g/mol. The van der Waals surface area contributed by atoms with Crippen LogP contribution in [0.5, 0.6) is 0 Å². The molecule has 1 aliphatic rings. The Balaban J connectivity index is 2.67. The van der Waals surface area contributed by atoms with Crippen molar-refractivity contribution in [2.75, 3.05) is 13.2 Å². The number of hydrogen-bond donors (Lipinski definition) is 3. The maximum atomic E-state index is 11.2. The lowest BCUT2D eigenvalue weighted by atomic mass is 10.2. The molecular weight excluding hydrogens is 268 g/mol. The van der Waals surface area contributed by atoms with Crippen LogP contribution in [0.2, 0.25) is 0 Å². The smallest absolute Gasteiger partial charge is 0.340 e. The van der Waals surface area contributed by atoms with Crippen molar-refractivity contribution in [1.29, 1.82) is 0 Å². The Hall–Kier alpha value is -0.640. The third kappa shape index (κ3) is 4.26. The van der Waals surface area contributed by atoms with E-state index in [1.54, 1.807) is 6.92 Å². The number of carbonyl (C=O) groups is 1. The van der Waals surface area contributed by atoms with Crippen LogP contribution in [-0.2, 0) is 14.9 Å². The second-order valence-corrected chi connectivity index (χ2v) is 6.52. The van der Waals surface area contributed by atoms with Crippen LogP contribution in [0, 0.1) is 0 Å². The number of epoxide rings is 1. The number of nitrogens with one attached hydrogen (secondary N) is 1. The van der Waals surface area contributed by atoms with Crippen LogP contribution in [0.25, 0.3) is 0 Å². The molecular formula is C8H14N2O5S2. The number of amides is 2. The second kappa shape index (κ2) is 5.34. The van der Waals surface area contributed by atoms with Crippen molar-refractivity contribution in [2.24, 2.45) is 4.99 Å². The lowest BCUT2D eigenvalue weighted by Crippen LogP contribution is -2.45. The average Bonchev–Trinajstić information content (AvgIpc) is 2.97. The maximum Gasteiger partial charge on any atom is 0.340 e. The summed E-state index contributed by atoms with van der Waals surface area (Å²) in [5.41, 5.74) is 0. The first-order valence-electron chi connectivity index (χ1n) is 4.86. The highest BCUT2D eigenvalue weighted by Gasteiger charge is 2.45. The molecule has 0 aromatic rings. The lowest BCUT2D eigenvalue weighted by Gasteiger charge is -2.24.